The van der Waals surface area contributed by atoms with E-state index in [1.165, 1.54) is 0 Å². The molecule has 28 heavy (non-hydrogen) atoms. The van der Waals surface area contributed by atoms with Crippen LogP contribution in [0.4, 0.5) is 0 Å². The Hall–Kier alpha value is -2.33. The number of carbonyl (C=O) groups is 2. The van der Waals surface area contributed by atoms with Gasteiger partial charge in [0.15, 0.2) is 11.9 Å². The molecule has 3 rings (SSSR count). The number of ether oxygens (including phenoxy) is 1. The van der Waals surface area contributed by atoms with E-state index in [0.717, 1.165) is 28.0 Å². The first-order chi connectivity index (χ1) is 13.3. The van der Waals surface area contributed by atoms with Gasteiger partial charge >= 0.3 is 5.97 Å². The number of aryl methyl sites for hydroxylation is 3. The first-order valence-electron chi connectivity index (χ1n) is 9.54. The van der Waals surface area contributed by atoms with Crippen LogP contribution >= 0.6 is 11.6 Å². The highest BCUT2D eigenvalue weighted by molar-refractivity contribution is 6.23. The van der Waals surface area contributed by atoms with Gasteiger partial charge in [0.2, 0.25) is 0 Å². The summed E-state index contributed by atoms with van der Waals surface area (Å²) in [4.78, 5) is 23.3. The lowest BCUT2D eigenvalue weighted by Gasteiger charge is -2.23. The van der Waals surface area contributed by atoms with Crippen molar-refractivity contribution in [2.45, 2.75) is 51.0 Å². The Balaban J connectivity index is 1.76. The lowest BCUT2D eigenvalue weighted by Crippen LogP contribution is -2.32. The molecule has 2 aromatic rings. The number of alkyl halides is 1. The number of rotatable bonds is 7. The predicted molar refractivity (Wildman–Crippen MR) is 109 cm³/mol. The van der Waals surface area contributed by atoms with Crippen molar-refractivity contribution in [3.05, 3.63) is 64.7 Å². The molecule has 1 saturated carbocycles. The molecule has 1 fully saturated rings. The molecule has 1 aliphatic rings. The molecule has 0 radical (unpaired) electrons. The van der Waals surface area contributed by atoms with Crippen LogP contribution in [0, 0.1) is 19.8 Å². The van der Waals surface area contributed by atoms with Gasteiger partial charge in [-0.05, 0) is 49.4 Å². The van der Waals surface area contributed by atoms with E-state index >= 15 is 0 Å². The summed E-state index contributed by atoms with van der Waals surface area (Å²) in [6, 6.07) is 13.8. The van der Waals surface area contributed by atoms with Crippen LogP contribution in [-0.4, -0.2) is 28.3 Å². The van der Waals surface area contributed by atoms with Crippen LogP contribution in [-0.2, 0) is 22.4 Å². The molecule has 0 aliphatic heterocycles. The largest absolute Gasteiger partial charge is 0.482 e. The molecule has 0 aromatic heterocycles. The number of carboxylic acids is 1. The molecule has 148 valence electrons. The van der Waals surface area contributed by atoms with E-state index in [1.807, 2.05) is 56.3 Å². The highest BCUT2D eigenvalue weighted by Gasteiger charge is 2.43. The fourth-order valence-electron chi connectivity index (χ4n) is 3.78. The fraction of sp³-hybridized carbons (Fsp3) is 0.391. The van der Waals surface area contributed by atoms with Crippen LogP contribution < -0.4 is 4.74 Å². The van der Waals surface area contributed by atoms with Gasteiger partial charge in [-0.2, -0.15) is 0 Å². The van der Waals surface area contributed by atoms with E-state index in [9.17, 15) is 9.59 Å². The van der Waals surface area contributed by atoms with Crippen LogP contribution in [0.1, 0.15) is 35.1 Å². The molecule has 5 heteroatoms. The summed E-state index contributed by atoms with van der Waals surface area (Å²) in [5.41, 5.74) is 4.16. The molecule has 0 heterocycles. The van der Waals surface area contributed by atoms with Crippen molar-refractivity contribution in [1.29, 1.82) is 0 Å². The summed E-state index contributed by atoms with van der Waals surface area (Å²) in [7, 11) is 0. The van der Waals surface area contributed by atoms with Crippen LogP contribution in [0.2, 0.25) is 0 Å². The Morgan fingerprint density at radius 1 is 1.18 bits per heavy atom. The van der Waals surface area contributed by atoms with Crippen molar-refractivity contribution in [3.63, 3.8) is 0 Å². The summed E-state index contributed by atoms with van der Waals surface area (Å²) in [5.74, 6) is -0.180. The monoisotopic (exact) mass is 400 g/mol. The number of carboxylic acid groups (broad SMARTS) is 1. The Kier molecular flexibility index (Phi) is 6.40. The number of aliphatic carboxylic acids is 1. The van der Waals surface area contributed by atoms with Crippen molar-refractivity contribution in [2.24, 2.45) is 5.92 Å². The van der Waals surface area contributed by atoms with E-state index in [1.54, 1.807) is 0 Å². The van der Waals surface area contributed by atoms with Crippen molar-refractivity contribution in [3.8, 4) is 5.75 Å². The number of carbonyl (C=O) groups excluding carboxylic acids is 1. The van der Waals surface area contributed by atoms with Gasteiger partial charge in [-0.3, -0.25) is 9.59 Å². The Bertz CT molecular complexity index is 877. The molecular formula is C23H25ClO4. The second-order valence-electron chi connectivity index (χ2n) is 7.58. The smallest absolute Gasteiger partial charge is 0.303 e. The van der Waals surface area contributed by atoms with E-state index in [2.05, 4.69) is 0 Å². The third kappa shape index (κ3) is 4.93. The lowest BCUT2D eigenvalue weighted by atomic mass is 9.94. The van der Waals surface area contributed by atoms with Crippen LogP contribution in [0.15, 0.2) is 42.5 Å². The van der Waals surface area contributed by atoms with E-state index in [0.29, 0.717) is 19.3 Å². The highest BCUT2D eigenvalue weighted by atomic mass is 35.5. The number of ketones is 1. The molecule has 2 aromatic carbocycles. The van der Waals surface area contributed by atoms with Gasteiger partial charge in [-0.1, -0.05) is 42.0 Å². The topological polar surface area (TPSA) is 63.6 Å². The van der Waals surface area contributed by atoms with E-state index < -0.39 is 12.1 Å². The number of hydrogen-bond donors (Lipinski definition) is 1. The maximum Gasteiger partial charge on any atom is 0.303 e. The molecule has 0 spiro atoms. The third-order valence-corrected chi connectivity index (χ3v) is 5.72. The average Bonchev–Trinajstić information content (AvgIpc) is 2.89. The van der Waals surface area contributed by atoms with Crippen LogP contribution in [0.5, 0.6) is 5.75 Å². The van der Waals surface area contributed by atoms with E-state index in [-0.39, 0.29) is 23.5 Å². The van der Waals surface area contributed by atoms with Gasteiger partial charge in [0.05, 0.1) is 0 Å². The Morgan fingerprint density at radius 3 is 2.64 bits per heavy atom. The molecule has 0 saturated heterocycles. The lowest BCUT2D eigenvalue weighted by molar-refractivity contribution is -0.137. The molecule has 0 amide bonds. The second kappa shape index (κ2) is 8.78. The minimum Gasteiger partial charge on any atom is -0.482 e. The van der Waals surface area contributed by atoms with Gasteiger partial charge in [0.1, 0.15) is 5.75 Å². The minimum atomic E-state index is -0.811. The second-order valence-corrected chi connectivity index (χ2v) is 8.14. The quantitative estimate of drug-likeness (QED) is 0.694. The third-order valence-electron chi connectivity index (χ3n) is 5.24. The molecular weight excluding hydrogens is 376 g/mol. The molecule has 0 bridgehead atoms. The normalized spacial score (nSPS) is 21.7. The van der Waals surface area contributed by atoms with Gasteiger partial charge < -0.3 is 9.84 Å². The summed E-state index contributed by atoms with van der Waals surface area (Å²) in [6.45, 7) is 3.99. The summed E-state index contributed by atoms with van der Waals surface area (Å²) >= 11 is 6.51. The number of benzene rings is 2. The molecule has 1 aliphatic carbocycles. The summed E-state index contributed by atoms with van der Waals surface area (Å²) < 4.78 is 6.13. The predicted octanol–water partition coefficient (Wildman–Crippen LogP) is 4.51. The zero-order valence-corrected chi connectivity index (χ0v) is 16.9. The van der Waals surface area contributed by atoms with Crippen molar-refractivity contribution >= 4 is 23.4 Å². The molecule has 4 nitrogen and oxygen atoms in total. The van der Waals surface area contributed by atoms with Crippen molar-refractivity contribution in [1.82, 2.24) is 0 Å². The van der Waals surface area contributed by atoms with Crippen molar-refractivity contribution < 1.29 is 19.4 Å². The van der Waals surface area contributed by atoms with Crippen LogP contribution in [0.25, 0.3) is 0 Å². The van der Waals surface area contributed by atoms with Gasteiger partial charge in [-0.25, -0.2) is 0 Å². The molecule has 3 atom stereocenters. The minimum absolute atomic E-state index is 0.0343. The van der Waals surface area contributed by atoms with Crippen molar-refractivity contribution in [2.75, 3.05) is 0 Å². The first kappa shape index (κ1) is 20.4. The SMILES string of the molecule is Cc1ccc(OC2C(=O)CC(Cl)[C@@H]2Cc2cccc(CCC(=O)O)c2)c(C)c1. The zero-order chi connectivity index (χ0) is 20.3. The zero-order valence-electron chi connectivity index (χ0n) is 16.2. The van der Waals surface area contributed by atoms with Gasteiger partial charge in [0, 0.05) is 24.1 Å². The Labute approximate surface area is 170 Å². The number of Topliss-reactive ketones (excluding diaryl/α,β-unsaturated/α-hetero) is 1. The average molecular weight is 401 g/mol. The fourth-order valence-corrected chi connectivity index (χ4v) is 4.15. The molecule has 2 unspecified atom stereocenters. The van der Waals surface area contributed by atoms with Crippen LogP contribution in [0.3, 0.4) is 0 Å². The number of halogens is 1. The Morgan fingerprint density at radius 2 is 1.93 bits per heavy atom. The first-order valence-corrected chi connectivity index (χ1v) is 9.97. The summed E-state index contributed by atoms with van der Waals surface area (Å²) in [5, 5.41) is 8.61. The van der Waals surface area contributed by atoms with E-state index in [4.69, 9.17) is 21.4 Å². The van der Waals surface area contributed by atoms with Gasteiger partial charge in [-0.15, -0.1) is 11.6 Å². The highest BCUT2D eigenvalue weighted by Crippen LogP contribution is 2.35. The summed E-state index contributed by atoms with van der Waals surface area (Å²) in [6.07, 6.45) is 0.949. The standard InChI is InChI=1S/C23H25ClO4/c1-14-6-8-21(15(2)10-14)28-23-18(19(24)13-20(23)25)12-17-5-3-4-16(11-17)7-9-22(26)27/h3-6,8,10-11,18-19,23H,7,9,12-13H2,1-2H3,(H,26,27)/t18-,19?,23?/m0/s1. The van der Waals surface area contributed by atoms with Gasteiger partial charge in [0.25, 0.3) is 0 Å². The maximum absolute atomic E-state index is 12.5. The number of hydrogen-bond acceptors (Lipinski definition) is 3. The maximum atomic E-state index is 12.5. The molecule has 1 N–H and O–H groups in total.